The Bertz CT molecular complexity index is 1730. The number of ether oxygens (including phenoxy) is 2. The monoisotopic (exact) mass is 631 g/mol. The molecule has 41 heavy (non-hydrogen) atoms. The van der Waals surface area contributed by atoms with Crippen LogP contribution in [0.1, 0.15) is 26.3 Å². The highest BCUT2D eigenvalue weighted by molar-refractivity contribution is 7.92. The average Bonchev–Trinajstić information content (AvgIpc) is 2.94. The number of esters is 1. The van der Waals surface area contributed by atoms with Crippen LogP contribution in [-0.2, 0) is 10.0 Å². The summed E-state index contributed by atoms with van der Waals surface area (Å²) in [5.41, 5.74) is 3.59. The van der Waals surface area contributed by atoms with Gasteiger partial charge in [-0.25, -0.2) is 18.6 Å². The van der Waals surface area contributed by atoms with E-state index < -0.39 is 21.9 Å². The Morgan fingerprint density at radius 3 is 2.17 bits per heavy atom. The van der Waals surface area contributed by atoms with E-state index in [0.717, 1.165) is 0 Å². The molecule has 0 spiro atoms. The molecule has 210 valence electrons. The highest BCUT2D eigenvalue weighted by Gasteiger charge is 2.17. The lowest BCUT2D eigenvalue weighted by Crippen LogP contribution is -2.18. The van der Waals surface area contributed by atoms with E-state index in [0.29, 0.717) is 15.6 Å². The predicted molar refractivity (Wildman–Crippen MR) is 158 cm³/mol. The minimum Gasteiger partial charge on any atom is -0.493 e. The summed E-state index contributed by atoms with van der Waals surface area (Å²) in [5.74, 6) is -0.819. The molecule has 0 fully saturated rings. The molecule has 4 aromatic rings. The van der Waals surface area contributed by atoms with Crippen molar-refractivity contribution >= 4 is 68.6 Å². The number of hydrazone groups is 1. The van der Waals surface area contributed by atoms with Gasteiger partial charge in [0, 0.05) is 21.3 Å². The van der Waals surface area contributed by atoms with Gasteiger partial charge in [-0.2, -0.15) is 5.10 Å². The van der Waals surface area contributed by atoms with Crippen molar-refractivity contribution < 1.29 is 27.5 Å². The van der Waals surface area contributed by atoms with E-state index in [4.69, 9.17) is 44.3 Å². The molecule has 0 bridgehead atoms. The predicted octanol–water partition coefficient (Wildman–Crippen LogP) is 6.44. The molecule has 0 heterocycles. The van der Waals surface area contributed by atoms with Gasteiger partial charge in [0.05, 0.1) is 28.8 Å². The Morgan fingerprint density at radius 2 is 1.51 bits per heavy atom. The molecule has 0 radical (unpaired) electrons. The number of hydrogen-bond acceptors (Lipinski definition) is 7. The number of carbonyl (C=O) groups excluding carboxylic acids is 2. The number of carbonyl (C=O) groups is 2. The van der Waals surface area contributed by atoms with Crippen LogP contribution in [0.2, 0.25) is 15.1 Å². The fourth-order valence-electron chi connectivity index (χ4n) is 3.41. The van der Waals surface area contributed by atoms with Crippen molar-refractivity contribution in [2.75, 3.05) is 11.8 Å². The summed E-state index contributed by atoms with van der Waals surface area (Å²) >= 11 is 17.8. The van der Waals surface area contributed by atoms with Crippen molar-refractivity contribution in [1.82, 2.24) is 5.43 Å². The van der Waals surface area contributed by atoms with Gasteiger partial charge in [0.1, 0.15) is 0 Å². The fraction of sp³-hybridized carbons (Fsp3) is 0.0357. The number of nitrogens with one attached hydrogen (secondary N) is 2. The molecule has 4 aromatic carbocycles. The lowest BCUT2D eigenvalue weighted by Gasteiger charge is -2.11. The second-order valence-corrected chi connectivity index (χ2v) is 11.2. The first kappa shape index (κ1) is 29.9. The molecule has 0 aliphatic heterocycles. The number of amides is 1. The SMILES string of the molecule is COc1cc(/C=N\NC(=O)c2ccc(NS(=O)(=O)c3ccc(Cl)cc3)cc2)ccc1OC(=O)c1ccc(Cl)cc1Cl. The quantitative estimate of drug-likeness (QED) is 0.0948. The molecule has 0 atom stereocenters. The zero-order valence-electron chi connectivity index (χ0n) is 21.1. The minimum atomic E-state index is -3.82. The molecule has 9 nitrogen and oxygen atoms in total. The fourth-order valence-corrected chi connectivity index (χ4v) is 5.08. The molecule has 4 rings (SSSR count). The Morgan fingerprint density at radius 1 is 0.829 bits per heavy atom. The molecule has 0 aliphatic rings. The van der Waals surface area contributed by atoms with E-state index in [1.807, 2.05) is 0 Å². The summed E-state index contributed by atoms with van der Waals surface area (Å²) in [6, 6.07) is 20.6. The second-order valence-electron chi connectivity index (χ2n) is 8.26. The summed E-state index contributed by atoms with van der Waals surface area (Å²) in [6.45, 7) is 0. The van der Waals surface area contributed by atoms with Crippen LogP contribution in [0.3, 0.4) is 0 Å². The van der Waals surface area contributed by atoms with Crippen molar-refractivity contribution in [2.24, 2.45) is 5.10 Å². The molecule has 0 saturated heterocycles. The second kappa shape index (κ2) is 13.0. The molecule has 2 N–H and O–H groups in total. The highest BCUT2D eigenvalue weighted by Crippen LogP contribution is 2.30. The number of nitrogens with zero attached hydrogens (tertiary/aromatic N) is 1. The molecule has 13 heteroatoms. The summed E-state index contributed by atoms with van der Waals surface area (Å²) in [6.07, 6.45) is 1.37. The number of hydrogen-bond donors (Lipinski definition) is 2. The van der Waals surface area contributed by atoms with E-state index in [-0.39, 0.29) is 38.2 Å². The zero-order valence-corrected chi connectivity index (χ0v) is 24.2. The van der Waals surface area contributed by atoms with Crippen LogP contribution in [0.4, 0.5) is 5.69 Å². The van der Waals surface area contributed by atoms with E-state index in [1.165, 1.54) is 86.1 Å². The average molecular weight is 633 g/mol. The van der Waals surface area contributed by atoms with Gasteiger partial charge in [-0.05, 0) is 90.5 Å². The lowest BCUT2D eigenvalue weighted by atomic mass is 10.2. The van der Waals surface area contributed by atoms with Crippen molar-refractivity contribution in [3.8, 4) is 11.5 Å². The third kappa shape index (κ3) is 7.77. The van der Waals surface area contributed by atoms with E-state index in [2.05, 4.69) is 15.2 Å². The highest BCUT2D eigenvalue weighted by atomic mass is 35.5. The lowest BCUT2D eigenvalue weighted by molar-refractivity contribution is 0.0729. The van der Waals surface area contributed by atoms with Gasteiger partial charge in [0.25, 0.3) is 15.9 Å². The van der Waals surface area contributed by atoms with Crippen LogP contribution in [0.25, 0.3) is 0 Å². The zero-order chi connectivity index (χ0) is 29.6. The Labute approximate surface area is 250 Å². The van der Waals surface area contributed by atoms with Crippen LogP contribution in [0.5, 0.6) is 11.5 Å². The van der Waals surface area contributed by atoms with Gasteiger partial charge in [-0.3, -0.25) is 9.52 Å². The van der Waals surface area contributed by atoms with Gasteiger partial charge < -0.3 is 9.47 Å². The van der Waals surface area contributed by atoms with Crippen molar-refractivity contribution in [2.45, 2.75) is 4.90 Å². The van der Waals surface area contributed by atoms with Crippen LogP contribution in [0.15, 0.2) is 94.9 Å². The topological polar surface area (TPSA) is 123 Å². The number of methoxy groups -OCH3 is 1. The van der Waals surface area contributed by atoms with Crippen molar-refractivity contribution in [1.29, 1.82) is 0 Å². The van der Waals surface area contributed by atoms with Gasteiger partial charge in [0.2, 0.25) is 0 Å². The maximum Gasteiger partial charge on any atom is 0.345 e. The van der Waals surface area contributed by atoms with E-state index in [1.54, 1.807) is 12.1 Å². The molecule has 0 unspecified atom stereocenters. The number of sulfonamides is 1. The Kier molecular flexibility index (Phi) is 9.51. The van der Waals surface area contributed by atoms with E-state index >= 15 is 0 Å². The number of rotatable bonds is 9. The standard InChI is InChI=1S/C28H20Cl3N3O6S/c1-39-26-14-17(2-13-25(26)40-28(36)23-12-7-20(30)15-24(23)31)16-32-33-27(35)18-3-8-21(9-4-18)34-41(37,38)22-10-5-19(29)6-11-22/h2-16,34H,1H3,(H,33,35)/b32-16-. The molecule has 1 amide bonds. The van der Waals surface area contributed by atoms with Crippen molar-refractivity contribution in [3.63, 3.8) is 0 Å². The first-order valence-electron chi connectivity index (χ1n) is 11.6. The maximum atomic E-state index is 12.5. The summed E-state index contributed by atoms with van der Waals surface area (Å²) in [5, 5.41) is 4.89. The largest absolute Gasteiger partial charge is 0.493 e. The molecule has 0 aromatic heterocycles. The first-order chi connectivity index (χ1) is 19.6. The third-order valence-electron chi connectivity index (χ3n) is 5.44. The molecular formula is C28H20Cl3N3O6S. The van der Waals surface area contributed by atoms with Crippen LogP contribution < -0.4 is 19.6 Å². The smallest absolute Gasteiger partial charge is 0.345 e. The Balaban J connectivity index is 1.36. The van der Waals surface area contributed by atoms with Gasteiger partial charge >= 0.3 is 5.97 Å². The number of benzene rings is 4. The first-order valence-corrected chi connectivity index (χ1v) is 14.2. The number of anilines is 1. The molecular weight excluding hydrogens is 613 g/mol. The van der Waals surface area contributed by atoms with Crippen LogP contribution in [0, 0.1) is 0 Å². The molecule has 0 aliphatic carbocycles. The summed E-state index contributed by atoms with van der Waals surface area (Å²) in [7, 11) is -2.42. The normalized spacial score (nSPS) is 11.2. The van der Waals surface area contributed by atoms with Crippen molar-refractivity contribution in [3.05, 3.63) is 117 Å². The Hall–Kier alpha value is -4.09. The van der Waals surface area contributed by atoms with Gasteiger partial charge in [-0.15, -0.1) is 0 Å². The third-order valence-corrected chi connectivity index (χ3v) is 7.64. The minimum absolute atomic E-state index is 0.0480. The summed E-state index contributed by atoms with van der Waals surface area (Å²) < 4.78 is 38.2. The van der Waals surface area contributed by atoms with Gasteiger partial charge in [-0.1, -0.05) is 34.8 Å². The number of halogens is 3. The molecule has 0 saturated carbocycles. The summed E-state index contributed by atoms with van der Waals surface area (Å²) in [4.78, 5) is 25.1. The maximum absolute atomic E-state index is 12.5. The van der Waals surface area contributed by atoms with Crippen LogP contribution >= 0.6 is 34.8 Å². The van der Waals surface area contributed by atoms with Crippen LogP contribution in [-0.4, -0.2) is 33.6 Å². The van der Waals surface area contributed by atoms with Gasteiger partial charge in [0.15, 0.2) is 11.5 Å². The van der Waals surface area contributed by atoms with E-state index in [9.17, 15) is 18.0 Å².